The van der Waals surface area contributed by atoms with E-state index in [0.717, 1.165) is 81.0 Å². The lowest BCUT2D eigenvalue weighted by molar-refractivity contribution is -0.151. The number of H-pyrrole nitrogens is 1. The van der Waals surface area contributed by atoms with E-state index in [2.05, 4.69) is 58.6 Å². The minimum absolute atomic E-state index is 0. The van der Waals surface area contributed by atoms with E-state index in [9.17, 15) is 19.8 Å². The van der Waals surface area contributed by atoms with Crippen molar-refractivity contribution in [1.29, 1.82) is 10.5 Å². The number of hydrogen-bond acceptors (Lipinski definition) is 8. The Balaban J connectivity index is 0.000000166. The van der Waals surface area contributed by atoms with Crippen LogP contribution in [0.1, 0.15) is 176 Å². The van der Waals surface area contributed by atoms with E-state index < -0.39 is 11.2 Å². The number of nitrogens with zero attached hydrogens (tertiary/aromatic N) is 5. The second kappa shape index (κ2) is 18.3. The fourth-order valence-corrected chi connectivity index (χ4v) is 17.5. The molecule has 64 heavy (non-hydrogen) atoms. The number of alkyl halides is 1. The van der Waals surface area contributed by atoms with Crippen LogP contribution in [-0.2, 0) is 16.1 Å². The molecule has 0 amide bonds. The summed E-state index contributed by atoms with van der Waals surface area (Å²) in [5.41, 5.74) is 1.09. The predicted octanol–water partition coefficient (Wildman–Crippen LogP) is 11.0. The quantitative estimate of drug-likeness (QED) is 0.249. The standard InChI is InChI=1S/C26H37N3O2.C22H35BrO2.C4H3N3.CH4/c1-24(31)10-11-25(2)17(12-24)4-5-19-20-6-7-22(26(20,3)9-8-21(19)25)23(30)15-29-14-18(13-27)28-16-29;1-20(25)10-11-21(2)14(12-20)4-5-15-16-6-7-18(19(24)13-23)22(16,3)9-8-17(15)21;5-1-4-2-6-3-7-4;/h14,16-17,19-22,31H,4-12,15H2,1-3H3;14-18,25H,4-13H2,1-3H3;2-3H,(H,6,7);1H4/t17-,19-,20-,21-,22+,24+,25-,26-;14-,15-,16-,17-,18+,20+,21-,22-;;/m00../s1. The number of aliphatic hydroxyl groups is 2. The molecule has 8 aliphatic rings. The van der Waals surface area contributed by atoms with Crippen molar-refractivity contribution in [2.75, 3.05) is 5.33 Å². The Morgan fingerprint density at radius 2 is 1.20 bits per heavy atom. The first-order chi connectivity index (χ1) is 29.8. The van der Waals surface area contributed by atoms with E-state index in [1.54, 1.807) is 17.1 Å². The molecule has 2 aromatic heterocycles. The van der Waals surface area contributed by atoms with E-state index >= 15 is 0 Å². The minimum Gasteiger partial charge on any atom is -0.390 e. The summed E-state index contributed by atoms with van der Waals surface area (Å²) >= 11 is 3.43. The van der Waals surface area contributed by atoms with Crippen molar-refractivity contribution >= 4 is 27.5 Å². The molecule has 2 aromatic rings. The Labute approximate surface area is 392 Å². The lowest BCUT2D eigenvalue weighted by Gasteiger charge is -2.61. The van der Waals surface area contributed by atoms with Gasteiger partial charge in [0.1, 0.15) is 23.6 Å². The van der Waals surface area contributed by atoms with Crippen molar-refractivity contribution in [2.45, 2.75) is 182 Å². The number of Topliss-reactive ketones (excluding diaryl/α,β-unsaturated/α-hetero) is 2. The van der Waals surface area contributed by atoms with Crippen LogP contribution in [0.15, 0.2) is 25.0 Å². The molecule has 10 nitrogen and oxygen atoms in total. The maximum Gasteiger partial charge on any atom is 0.158 e. The average Bonchev–Trinajstić information content (AvgIpc) is 4.07. The second-order valence-electron chi connectivity index (χ2n) is 23.8. The third kappa shape index (κ3) is 8.75. The molecule has 0 bridgehead atoms. The highest BCUT2D eigenvalue weighted by molar-refractivity contribution is 9.09. The van der Waals surface area contributed by atoms with Gasteiger partial charge in [0.05, 0.1) is 41.9 Å². The van der Waals surface area contributed by atoms with Crippen LogP contribution in [0.3, 0.4) is 0 Å². The molecule has 10 rings (SSSR count). The molecule has 0 aliphatic heterocycles. The number of nitriles is 2. The van der Waals surface area contributed by atoms with Gasteiger partial charge in [0, 0.05) is 18.0 Å². The van der Waals surface area contributed by atoms with Crippen molar-refractivity contribution in [2.24, 2.45) is 80.8 Å². The first-order valence-electron chi connectivity index (χ1n) is 24.7. The van der Waals surface area contributed by atoms with E-state index in [4.69, 9.17) is 10.5 Å². The van der Waals surface area contributed by atoms with E-state index in [-0.39, 0.29) is 30.1 Å². The number of aromatic amines is 1. The molecule has 16 atom stereocenters. The van der Waals surface area contributed by atoms with Gasteiger partial charge in [0.25, 0.3) is 0 Å². The summed E-state index contributed by atoms with van der Waals surface area (Å²) in [6, 6.07) is 3.94. The maximum atomic E-state index is 13.3. The number of ketones is 2. The molecule has 0 spiro atoms. The molecular formula is C53H79BrN6O4. The van der Waals surface area contributed by atoms with E-state index in [1.165, 1.54) is 76.7 Å². The Morgan fingerprint density at radius 3 is 1.62 bits per heavy atom. The van der Waals surface area contributed by atoms with Crippen LogP contribution in [0.2, 0.25) is 0 Å². The largest absolute Gasteiger partial charge is 0.390 e. The molecule has 8 fully saturated rings. The number of carbonyl (C=O) groups is 2. The van der Waals surface area contributed by atoms with Crippen LogP contribution in [0.5, 0.6) is 0 Å². The molecule has 0 unspecified atom stereocenters. The first kappa shape index (κ1) is 49.1. The summed E-state index contributed by atoms with van der Waals surface area (Å²) in [7, 11) is 0. The van der Waals surface area contributed by atoms with Crippen LogP contribution in [-0.4, -0.2) is 57.8 Å². The smallest absolute Gasteiger partial charge is 0.158 e. The number of fused-ring (bicyclic) bond motifs is 10. The molecule has 352 valence electrons. The average molecular weight is 944 g/mol. The lowest BCUT2D eigenvalue weighted by atomic mass is 9.44. The number of rotatable bonds is 5. The number of nitrogens with one attached hydrogen (secondary N) is 1. The summed E-state index contributed by atoms with van der Waals surface area (Å²) in [6.07, 6.45) is 27.1. The fraction of sp³-hybridized carbons (Fsp3) is 0.811. The number of aromatic nitrogens is 4. The third-order valence-electron chi connectivity index (χ3n) is 20.5. The molecule has 0 aromatic carbocycles. The highest BCUT2D eigenvalue weighted by Crippen LogP contribution is 2.70. The topological polar surface area (TPSA) is 169 Å². The summed E-state index contributed by atoms with van der Waals surface area (Å²) in [6.45, 7) is 14.3. The van der Waals surface area contributed by atoms with Crippen LogP contribution < -0.4 is 0 Å². The van der Waals surface area contributed by atoms with Gasteiger partial charge in [-0.3, -0.25) is 9.59 Å². The van der Waals surface area contributed by atoms with Gasteiger partial charge in [-0.2, -0.15) is 10.5 Å². The molecule has 0 saturated heterocycles. The maximum absolute atomic E-state index is 13.3. The zero-order chi connectivity index (χ0) is 45.2. The molecule has 11 heteroatoms. The molecule has 3 N–H and O–H groups in total. The Kier molecular flexibility index (Phi) is 14.0. The number of imidazole rings is 2. The lowest BCUT2D eigenvalue weighted by Crippen LogP contribution is -2.55. The van der Waals surface area contributed by atoms with Crippen molar-refractivity contribution in [3.05, 3.63) is 36.4 Å². The highest BCUT2D eigenvalue weighted by atomic mass is 79.9. The van der Waals surface area contributed by atoms with Crippen molar-refractivity contribution in [1.82, 2.24) is 19.5 Å². The Morgan fingerprint density at radius 1 is 0.703 bits per heavy atom. The minimum atomic E-state index is -0.482. The van der Waals surface area contributed by atoms with Crippen LogP contribution >= 0.6 is 15.9 Å². The van der Waals surface area contributed by atoms with Gasteiger partial charge in [-0.1, -0.05) is 51.1 Å². The van der Waals surface area contributed by atoms with Gasteiger partial charge in [0.2, 0.25) is 0 Å². The third-order valence-corrected chi connectivity index (χ3v) is 21.1. The van der Waals surface area contributed by atoms with Crippen LogP contribution in [0.4, 0.5) is 0 Å². The van der Waals surface area contributed by atoms with Crippen molar-refractivity contribution in [3.8, 4) is 12.1 Å². The second-order valence-corrected chi connectivity index (χ2v) is 24.3. The molecule has 2 heterocycles. The Bertz CT molecular complexity index is 2070. The number of carbonyl (C=O) groups excluding carboxylic acids is 2. The fourth-order valence-electron chi connectivity index (χ4n) is 17.1. The van der Waals surface area contributed by atoms with Crippen molar-refractivity contribution < 1.29 is 19.8 Å². The van der Waals surface area contributed by atoms with Crippen LogP contribution in [0.25, 0.3) is 0 Å². The van der Waals surface area contributed by atoms with Crippen LogP contribution in [0, 0.1) is 104 Å². The summed E-state index contributed by atoms with van der Waals surface area (Å²) < 4.78 is 1.78. The van der Waals surface area contributed by atoms with Gasteiger partial charge in [-0.25, -0.2) is 9.97 Å². The SMILES string of the molecule is C.C[C@@]1(O)CC[C@@]2(C)[C@@H](CC[C@@H]3[C@@H]2CC[C@]2(C)[C@@H](C(=O)CBr)CC[C@@H]32)C1.C[C@@]1(O)CC[C@@]2(C)[C@@H](CC[C@@H]3[C@@H]2CC[C@]2(C)[C@@H](C(=O)Cn4cnc(C#N)c4)CC[C@@H]32)C1.N#Cc1cnc[nH]1. The monoisotopic (exact) mass is 943 g/mol. The summed E-state index contributed by atoms with van der Waals surface area (Å²) in [5, 5.41) is 38.9. The van der Waals surface area contributed by atoms with Gasteiger partial charge < -0.3 is 19.8 Å². The molecule has 8 saturated carbocycles. The van der Waals surface area contributed by atoms with E-state index in [1.807, 2.05) is 26.0 Å². The first-order valence-corrected chi connectivity index (χ1v) is 25.8. The zero-order valence-electron chi connectivity index (χ0n) is 39.0. The summed E-state index contributed by atoms with van der Waals surface area (Å²) in [5.74, 6) is 7.04. The van der Waals surface area contributed by atoms with E-state index in [0.29, 0.717) is 63.4 Å². The number of halogens is 1. The highest BCUT2D eigenvalue weighted by Gasteiger charge is 2.63. The van der Waals surface area contributed by atoms with Crippen molar-refractivity contribution in [3.63, 3.8) is 0 Å². The van der Waals surface area contributed by atoms with Gasteiger partial charge in [0.15, 0.2) is 11.5 Å². The molecule has 8 aliphatic carbocycles. The zero-order valence-corrected chi connectivity index (χ0v) is 40.6. The van der Waals surface area contributed by atoms with Gasteiger partial charge >= 0.3 is 0 Å². The normalized spacial score (nSPS) is 44.9. The molecule has 0 radical (unpaired) electrons. The predicted molar refractivity (Wildman–Crippen MR) is 252 cm³/mol. The Hall–Kier alpha value is -2.86. The van der Waals surface area contributed by atoms with Gasteiger partial charge in [-0.15, -0.1) is 0 Å². The summed E-state index contributed by atoms with van der Waals surface area (Å²) in [4.78, 5) is 36.1. The molecular weight excluding hydrogens is 865 g/mol. The number of hydrogen-bond donors (Lipinski definition) is 3. The van der Waals surface area contributed by atoms with Gasteiger partial charge in [-0.05, 0) is 198 Å².